The fourth-order valence-electron chi connectivity index (χ4n) is 3.67. The molecule has 1 aliphatic rings. The van der Waals surface area contributed by atoms with Gasteiger partial charge in [-0.2, -0.15) is 5.10 Å². The molecule has 162 valence electrons. The van der Waals surface area contributed by atoms with E-state index in [1.54, 1.807) is 35.9 Å². The van der Waals surface area contributed by atoms with Gasteiger partial charge in [-0.1, -0.05) is 24.1 Å². The van der Waals surface area contributed by atoms with Crippen LogP contribution in [0.4, 0.5) is 4.79 Å². The lowest BCUT2D eigenvalue weighted by atomic mass is 10.1. The van der Waals surface area contributed by atoms with Crippen LogP contribution in [0.5, 0.6) is 5.75 Å². The lowest BCUT2D eigenvalue weighted by molar-refractivity contribution is -0.108. The first-order valence-electron chi connectivity index (χ1n) is 9.90. The van der Waals surface area contributed by atoms with Gasteiger partial charge in [-0.3, -0.25) is 19.6 Å². The SMILES string of the molecule is COc1ccc2c(c1)C(=O)N(C[C@@H](C#Cc1c3ccccc3nn1C)NC(=O)NC=O)C2. The Hall–Kier alpha value is -4.32. The molecule has 2 N–H and O–H groups in total. The van der Waals surface area contributed by atoms with Gasteiger partial charge in [0.25, 0.3) is 5.91 Å². The van der Waals surface area contributed by atoms with Crippen LogP contribution in [0.3, 0.4) is 0 Å². The van der Waals surface area contributed by atoms with Crippen LogP contribution in [0.2, 0.25) is 0 Å². The molecule has 1 aromatic heterocycles. The van der Waals surface area contributed by atoms with Crippen LogP contribution >= 0.6 is 0 Å². The van der Waals surface area contributed by atoms with Crippen LogP contribution in [0.25, 0.3) is 10.9 Å². The molecule has 0 radical (unpaired) electrons. The number of carbonyl (C=O) groups is 3. The lowest BCUT2D eigenvalue weighted by Gasteiger charge is -2.21. The molecule has 0 fully saturated rings. The van der Waals surface area contributed by atoms with Crippen molar-refractivity contribution < 1.29 is 19.1 Å². The van der Waals surface area contributed by atoms with Crippen LogP contribution in [-0.2, 0) is 18.4 Å². The summed E-state index contributed by atoms with van der Waals surface area (Å²) in [5, 5.41) is 10.0. The molecule has 0 aliphatic carbocycles. The molecule has 1 aliphatic heterocycles. The number of hydrogen-bond acceptors (Lipinski definition) is 5. The van der Waals surface area contributed by atoms with Crippen molar-refractivity contribution in [1.82, 2.24) is 25.3 Å². The van der Waals surface area contributed by atoms with Gasteiger partial charge in [-0.05, 0) is 35.7 Å². The second-order valence-corrected chi connectivity index (χ2v) is 7.26. The van der Waals surface area contributed by atoms with Crippen LogP contribution in [-0.4, -0.2) is 52.7 Å². The third-order valence-electron chi connectivity index (χ3n) is 5.20. The Morgan fingerprint density at radius 3 is 2.91 bits per heavy atom. The van der Waals surface area contributed by atoms with Crippen molar-refractivity contribution in [3.05, 3.63) is 59.3 Å². The number of carbonyl (C=O) groups excluding carboxylic acids is 3. The maximum absolute atomic E-state index is 12.9. The molecule has 0 unspecified atom stereocenters. The minimum Gasteiger partial charge on any atom is -0.497 e. The Balaban J connectivity index is 1.60. The van der Waals surface area contributed by atoms with Crippen molar-refractivity contribution in [1.29, 1.82) is 0 Å². The van der Waals surface area contributed by atoms with E-state index in [2.05, 4.69) is 22.3 Å². The summed E-state index contributed by atoms with van der Waals surface area (Å²) in [7, 11) is 3.34. The quantitative estimate of drug-likeness (QED) is 0.470. The highest BCUT2D eigenvalue weighted by atomic mass is 16.5. The van der Waals surface area contributed by atoms with Gasteiger partial charge in [0.2, 0.25) is 6.41 Å². The highest BCUT2D eigenvalue weighted by Crippen LogP contribution is 2.26. The lowest BCUT2D eigenvalue weighted by Crippen LogP contribution is -2.46. The average Bonchev–Trinajstić information content (AvgIpc) is 3.27. The number of methoxy groups -OCH3 is 1. The van der Waals surface area contributed by atoms with Gasteiger partial charge in [-0.15, -0.1) is 0 Å². The van der Waals surface area contributed by atoms with E-state index < -0.39 is 12.1 Å². The number of amides is 4. The monoisotopic (exact) mass is 431 g/mol. The molecule has 0 saturated heterocycles. The predicted octanol–water partition coefficient (Wildman–Crippen LogP) is 1.41. The van der Waals surface area contributed by atoms with Gasteiger partial charge in [0.15, 0.2) is 0 Å². The van der Waals surface area contributed by atoms with Crippen molar-refractivity contribution in [2.24, 2.45) is 7.05 Å². The normalized spacial score (nSPS) is 13.2. The number of fused-ring (bicyclic) bond motifs is 2. The molecule has 4 amide bonds. The van der Waals surface area contributed by atoms with Crippen LogP contribution in [0.1, 0.15) is 21.6 Å². The number of aryl methyl sites for hydroxylation is 1. The molecule has 4 rings (SSSR count). The molecule has 2 aromatic carbocycles. The second-order valence-electron chi connectivity index (χ2n) is 7.26. The first-order chi connectivity index (χ1) is 15.5. The zero-order chi connectivity index (χ0) is 22.7. The fourth-order valence-corrected chi connectivity index (χ4v) is 3.67. The zero-order valence-electron chi connectivity index (χ0n) is 17.6. The number of imide groups is 1. The molecule has 2 heterocycles. The number of rotatable bonds is 5. The van der Waals surface area contributed by atoms with E-state index in [1.807, 2.05) is 35.6 Å². The number of nitrogens with one attached hydrogen (secondary N) is 2. The highest BCUT2D eigenvalue weighted by Gasteiger charge is 2.29. The molecule has 0 bridgehead atoms. The standard InChI is InChI=1S/C23H21N5O4/c1-27-21(18-5-3-4-6-20(18)26-27)10-8-16(25-23(31)24-14-29)13-28-12-15-7-9-17(32-2)11-19(15)22(28)30/h3-7,9,11,14,16H,12-13H2,1-2H3,(H2,24,25,29,31)/t16-/m1/s1. The summed E-state index contributed by atoms with van der Waals surface area (Å²) >= 11 is 0. The number of aromatic nitrogens is 2. The number of benzene rings is 2. The third-order valence-corrected chi connectivity index (χ3v) is 5.20. The van der Waals surface area contributed by atoms with Gasteiger partial charge < -0.3 is 15.0 Å². The van der Waals surface area contributed by atoms with Gasteiger partial charge in [0.1, 0.15) is 17.5 Å². The minimum atomic E-state index is -0.719. The summed E-state index contributed by atoms with van der Waals surface area (Å²) in [4.78, 5) is 37.1. The summed E-state index contributed by atoms with van der Waals surface area (Å²) < 4.78 is 6.88. The van der Waals surface area contributed by atoms with E-state index in [9.17, 15) is 14.4 Å². The molecule has 32 heavy (non-hydrogen) atoms. The molecule has 9 heteroatoms. The summed E-state index contributed by atoms with van der Waals surface area (Å²) in [6, 6.07) is 11.5. The van der Waals surface area contributed by atoms with Gasteiger partial charge in [0, 0.05) is 24.5 Å². The van der Waals surface area contributed by atoms with Crippen LogP contribution < -0.4 is 15.4 Å². The number of hydrogen-bond donors (Lipinski definition) is 2. The molecule has 9 nitrogen and oxygen atoms in total. The summed E-state index contributed by atoms with van der Waals surface area (Å²) in [6.07, 6.45) is 0.289. The predicted molar refractivity (Wildman–Crippen MR) is 117 cm³/mol. The van der Waals surface area contributed by atoms with Crippen molar-refractivity contribution in [2.75, 3.05) is 13.7 Å². The Bertz CT molecular complexity index is 1270. The highest BCUT2D eigenvalue weighted by molar-refractivity contribution is 5.98. The molecule has 3 aromatic rings. The molecule has 0 spiro atoms. The van der Waals surface area contributed by atoms with Gasteiger partial charge in [-0.25, -0.2) is 4.79 Å². The van der Waals surface area contributed by atoms with E-state index in [0.29, 0.717) is 23.6 Å². The molecule has 1 atom stereocenters. The van der Waals surface area contributed by atoms with E-state index >= 15 is 0 Å². The number of ether oxygens (including phenoxy) is 1. The van der Waals surface area contributed by atoms with Crippen LogP contribution in [0, 0.1) is 11.8 Å². The van der Waals surface area contributed by atoms with E-state index in [0.717, 1.165) is 16.5 Å². The number of urea groups is 1. The molecular formula is C23H21N5O4. The van der Waals surface area contributed by atoms with Crippen molar-refractivity contribution in [3.63, 3.8) is 0 Å². The minimum absolute atomic E-state index is 0.144. The first kappa shape index (κ1) is 20.9. The Morgan fingerprint density at radius 1 is 1.31 bits per heavy atom. The Labute approximate surface area is 184 Å². The largest absolute Gasteiger partial charge is 0.497 e. The van der Waals surface area contributed by atoms with Crippen molar-refractivity contribution in [3.8, 4) is 17.6 Å². The first-order valence-corrected chi connectivity index (χ1v) is 9.90. The third kappa shape index (κ3) is 4.11. The van der Waals surface area contributed by atoms with Crippen molar-refractivity contribution >= 4 is 29.3 Å². The smallest absolute Gasteiger partial charge is 0.322 e. The zero-order valence-corrected chi connectivity index (χ0v) is 17.6. The number of nitrogens with zero attached hydrogens (tertiary/aromatic N) is 3. The van der Waals surface area contributed by atoms with E-state index in [4.69, 9.17) is 4.74 Å². The topological polar surface area (TPSA) is 106 Å². The van der Waals surface area contributed by atoms with Crippen molar-refractivity contribution in [2.45, 2.75) is 12.6 Å². The average molecular weight is 431 g/mol. The van der Waals surface area contributed by atoms with E-state index in [1.165, 1.54) is 0 Å². The van der Waals surface area contributed by atoms with Gasteiger partial charge >= 0.3 is 6.03 Å². The summed E-state index contributed by atoms with van der Waals surface area (Å²) in [6.45, 7) is 0.535. The maximum Gasteiger partial charge on any atom is 0.322 e. The summed E-state index contributed by atoms with van der Waals surface area (Å²) in [5.41, 5.74) is 2.93. The van der Waals surface area contributed by atoms with E-state index in [-0.39, 0.29) is 18.9 Å². The van der Waals surface area contributed by atoms with Gasteiger partial charge in [0.05, 0.1) is 19.2 Å². The molecular weight excluding hydrogens is 410 g/mol. The second kappa shape index (κ2) is 8.81. The Kier molecular flexibility index (Phi) is 5.77. The molecule has 0 saturated carbocycles. The fraction of sp³-hybridized carbons (Fsp3) is 0.217. The maximum atomic E-state index is 12.9. The van der Waals surface area contributed by atoms with Crippen LogP contribution in [0.15, 0.2) is 42.5 Å². The summed E-state index contributed by atoms with van der Waals surface area (Å²) in [5.74, 6) is 6.52. The Morgan fingerprint density at radius 2 is 2.12 bits per heavy atom.